The smallest absolute Gasteiger partial charge is 0.150 e. The maximum absolute atomic E-state index is 13.3. The van der Waals surface area contributed by atoms with Gasteiger partial charge in [-0.25, -0.2) is 8.78 Å². The first-order valence-corrected chi connectivity index (χ1v) is 5.32. The van der Waals surface area contributed by atoms with E-state index in [2.05, 4.69) is 21.2 Å². The third kappa shape index (κ3) is 3.63. The Morgan fingerprint density at radius 3 is 2.60 bits per heavy atom. The van der Waals surface area contributed by atoms with Gasteiger partial charge < -0.3 is 5.32 Å². The summed E-state index contributed by atoms with van der Waals surface area (Å²) in [6.45, 7) is 4.43. The van der Waals surface area contributed by atoms with Gasteiger partial charge in [0.25, 0.3) is 0 Å². The highest BCUT2D eigenvalue weighted by atomic mass is 79.9. The Morgan fingerprint density at radius 1 is 1.40 bits per heavy atom. The van der Waals surface area contributed by atoms with Crippen LogP contribution in [0.4, 0.5) is 14.5 Å². The molecule has 1 N–H and O–H groups in total. The van der Waals surface area contributed by atoms with E-state index in [1.54, 1.807) is 0 Å². The zero-order valence-corrected chi connectivity index (χ0v) is 10.2. The molecule has 0 fully saturated rings. The fourth-order valence-electron chi connectivity index (χ4n) is 1.07. The van der Waals surface area contributed by atoms with Crippen molar-refractivity contribution in [2.75, 3.05) is 11.9 Å². The predicted molar refractivity (Wildman–Crippen MR) is 62.0 cm³/mol. The first-order chi connectivity index (χ1) is 7.00. The topological polar surface area (TPSA) is 12.0 Å². The van der Waals surface area contributed by atoms with Crippen molar-refractivity contribution in [3.8, 4) is 0 Å². The molecule has 0 bridgehead atoms. The second kappa shape index (κ2) is 5.26. The van der Waals surface area contributed by atoms with Gasteiger partial charge in [-0.1, -0.05) is 11.6 Å². The van der Waals surface area contributed by atoms with Crippen molar-refractivity contribution in [3.63, 3.8) is 0 Å². The number of anilines is 1. The number of rotatable bonds is 3. The summed E-state index contributed by atoms with van der Waals surface area (Å²) in [5.74, 6) is -1.18. The maximum atomic E-state index is 13.3. The van der Waals surface area contributed by atoms with E-state index in [4.69, 9.17) is 0 Å². The fraction of sp³-hybridized carbons (Fsp3) is 0.273. The highest BCUT2D eigenvalue weighted by Gasteiger charge is 2.07. The van der Waals surface area contributed by atoms with Crippen molar-refractivity contribution >= 4 is 21.6 Å². The van der Waals surface area contributed by atoms with Crippen LogP contribution in [0.1, 0.15) is 13.8 Å². The highest BCUT2D eigenvalue weighted by molar-refractivity contribution is 9.10. The standard InChI is InChI=1S/C11H12BrF2N/c1-7(2)3-4-15-11-9(12)5-8(13)6-10(11)14/h3,5-6,15H,4H2,1-2H3. The SMILES string of the molecule is CC(C)=CCNc1c(F)cc(F)cc1Br. The summed E-state index contributed by atoms with van der Waals surface area (Å²) in [6.07, 6.45) is 1.93. The summed E-state index contributed by atoms with van der Waals surface area (Å²) in [5, 5.41) is 2.87. The van der Waals surface area contributed by atoms with Crippen molar-refractivity contribution in [3.05, 3.63) is 39.9 Å². The van der Waals surface area contributed by atoms with Crippen molar-refractivity contribution < 1.29 is 8.78 Å². The molecule has 0 unspecified atom stereocenters. The third-order valence-corrected chi connectivity index (χ3v) is 2.42. The number of halogens is 3. The summed E-state index contributed by atoms with van der Waals surface area (Å²) in [5.41, 5.74) is 1.43. The van der Waals surface area contributed by atoms with Crippen molar-refractivity contribution in [1.82, 2.24) is 0 Å². The van der Waals surface area contributed by atoms with Crippen molar-refractivity contribution in [1.29, 1.82) is 0 Å². The molecule has 15 heavy (non-hydrogen) atoms. The number of hydrogen-bond acceptors (Lipinski definition) is 1. The normalized spacial score (nSPS) is 9.93. The maximum Gasteiger partial charge on any atom is 0.150 e. The number of allylic oxidation sites excluding steroid dienone is 1. The van der Waals surface area contributed by atoms with Crippen LogP contribution in [0.25, 0.3) is 0 Å². The van der Waals surface area contributed by atoms with Gasteiger partial charge in [0, 0.05) is 17.1 Å². The molecule has 0 heterocycles. The molecule has 0 spiro atoms. The summed E-state index contributed by atoms with van der Waals surface area (Å²) in [7, 11) is 0. The van der Waals surface area contributed by atoms with Crippen LogP contribution in [0.15, 0.2) is 28.3 Å². The molecule has 0 saturated carbocycles. The molecule has 0 amide bonds. The molecule has 1 aromatic carbocycles. The summed E-state index contributed by atoms with van der Waals surface area (Å²) >= 11 is 3.10. The molecule has 4 heteroatoms. The minimum atomic E-state index is -0.593. The van der Waals surface area contributed by atoms with E-state index in [-0.39, 0.29) is 5.69 Å². The van der Waals surface area contributed by atoms with Crippen LogP contribution in [0.3, 0.4) is 0 Å². The Hall–Kier alpha value is -0.900. The van der Waals surface area contributed by atoms with Crippen LogP contribution < -0.4 is 5.32 Å². The van der Waals surface area contributed by atoms with Gasteiger partial charge in [-0.15, -0.1) is 0 Å². The minimum Gasteiger partial charge on any atom is -0.378 e. The Bertz CT molecular complexity index is 361. The average Bonchev–Trinajstić information content (AvgIpc) is 2.08. The molecule has 0 atom stereocenters. The van der Waals surface area contributed by atoms with Gasteiger partial charge in [-0.3, -0.25) is 0 Å². The van der Waals surface area contributed by atoms with Gasteiger partial charge in [0.2, 0.25) is 0 Å². The van der Waals surface area contributed by atoms with Gasteiger partial charge in [0.15, 0.2) is 0 Å². The molecule has 1 aromatic rings. The van der Waals surface area contributed by atoms with E-state index in [1.807, 2.05) is 19.9 Å². The lowest BCUT2D eigenvalue weighted by Gasteiger charge is -2.08. The molecule has 0 aromatic heterocycles. The highest BCUT2D eigenvalue weighted by Crippen LogP contribution is 2.26. The molecule has 82 valence electrons. The van der Waals surface area contributed by atoms with Gasteiger partial charge in [0.1, 0.15) is 11.6 Å². The second-order valence-corrected chi connectivity index (χ2v) is 4.26. The molecule has 1 nitrogen and oxygen atoms in total. The molecular weight excluding hydrogens is 264 g/mol. The summed E-state index contributed by atoms with van der Waals surface area (Å²) in [4.78, 5) is 0. The lowest BCUT2D eigenvalue weighted by Crippen LogP contribution is -2.02. The summed E-state index contributed by atoms with van der Waals surface area (Å²) in [6, 6.07) is 2.09. The quantitative estimate of drug-likeness (QED) is 0.819. The number of nitrogens with one attached hydrogen (secondary N) is 1. The average molecular weight is 276 g/mol. The van der Waals surface area contributed by atoms with E-state index in [1.165, 1.54) is 6.07 Å². The van der Waals surface area contributed by atoms with Crippen molar-refractivity contribution in [2.24, 2.45) is 0 Å². The molecule has 0 aliphatic rings. The van der Waals surface area contributed by atoms with E-state index in [0.717, 1.165) is 11.6 Å². The number of benzene rings is 1. The lowest BCUT2D eigenvalue weighted by molar-refractivity contribution is 0.584. The zero-order chi connectivity index (χ0) is 11.4. The van der Waals surface area contributed by atoms with Crippen LogP contribution in [0.5, 0.6) is 0 Å². The largest absolute Gasteiger partial charge is 0.378 e. The van der Waals surface area contributed by atoms with Crippen LogP contribution in [0.2, 0.25) is 0 Å². The van der Waals surface area contributed by atoms with Crippen LogP contribution >= 0.6 is 15.9 Å². The Balaban J connectivity index is 2.81. The molecule has 0 saturated heterocycles. The van der Waals surface area contributed by atoms with E-state index in [0.29, 0.717) is 11.0 Å². The predicted octanol–water partition coefficient (Wildman–Crippen LogP) is 4.11. The zero-order valence-electron chi connectivity index (χ0n) is 8.57. The Kier molecular flexibility index (Phi) is 4.27. The van der Waals surface area contributed by atoms with Gasteiger partial charge in [0.05, 0.1) is 5.69 Å². The minimum absolute atomic E-state index is 0.286. The second-order valence-electron chi connectivity index (χ2n) is 3.41. The first-order valence-electron chi connectivity index (χ1n) is 4.52. The van der Waals surface area contributed by atoms with Crippen LogP contribution in [-0.2, 0) is 0 Å². The van der Waals surface area contributed by atoms with E-state index >= 15 is 0 Å². The van der Waals surface area contributed by atoms with Crippen LogP contribution in [-0.4, -0.2) is 6.54 Å². The molecule has 0 radical (unpaired) electrons. The molecule has 1 rings (SSSR count). The Labute approximate surface area is 96.3 Å². The van der Waals surface area contributed by atoms with Gasteiger partial charge in [-0.2, -0.15) is 0 Å². The van der Waals surface area contributed by atoms with Gasteiger partial charge >= 0.3 is 0 Å². The first kappa shape index (κ1) is 12.2. The fourth-order valence-corrected chi connectivity index (χ4v) is 1.62. The van der Waals surface area contributed by atoms with E-state index < -0.39 is 11.6 Å². The van der Waals surface area contributed by atoms with E-state index in [9.17, 15) is 8.78 Å². The third-order valence-electron chi connectivity index (χ3n) is 1.80. The monoisotopic (exact) mass is 275 g/mol. The van der Waals surface area contributed by atoms with Crippen LogP contribution in [0, 0.1) is 11.6 Å². The molecule has 0 aliphatic heterocycles. The molecule has 0 aliphatic carbocycles. The lowest BCUT2D eigenvalue weighted by atomic mass is 10.3. The molecular formula is C11H12BrF2N. The number of hydrogen-bond donors (Lipinski definition) is 1. The van der Waals surface area contributed by atoms with Gasteiger partial charge in [-0.05, 0) is 35.8 Å². The summed E-state index contributed by atoms with van der Waals surface area (Å²) < 4.78 is 26.4. The van der Waals surface area contributed by atoms with Crippen molar-refractivity contribution in [2.45, 2.75) is 13.8 Å². The Morgan fingerprint density at radius 2 is 2.07 bits per heavy atom.